The van der Waals surface area contributed by atoms with Gasteiger partial charge in [-0.2, -0.15) is 5.10 Å². The second-order valence-corrected chi connectivity index (χ2v) is 2.78. The molecule has 2 N–H and O–H groups in total. The minimum absolute atomic E-state index is 0.435. The highest BCUT2D eigenvalue weighted by Gasteiger charge is 2.02. The third-order valence-corrected chi connectivity index (χ3v) is 1.71. The summed E-state index contributed by atoms with van der Waals surface area (Å²) in [6.45, 7) is 0.719. The average Bonchev–Trinajstić information content (AvgIpc) is 2.48. The van der Waals surface area contributed by atoms with Gasteiger partial charge in [0.1, 0.15) is 0 Å². The van der Waals surface area contributed by atoms with Crippen molar-refractivity contribution in [1.29, 1.82) is 0 Å². The SMILES string of the molecule is NC(=O)c1cnn(CCCCl)c1. The van der Waals surface area contributed by atoms with E-state index in [1.54, 1.807) is 10.9 Å². The molecule has 12 heavy (non-hydrogen) atoms. The lowest BCUT2D eigenvalue weighted by molar-refractivity contribution is 0.1000. The Morgan fingerprint density at radius 2 is 2.50 bits per heavy atom. The van der Waals surface area contributed by atoms with Crippen LogP contribution in [-0.4, -0.2) is 21.6 Å². The molecule has 66 valence electrons. The molecule has 0 fully saturated rings. The maximum Gasteiger partial charge on any atom is 0.251 e. The second-order valence-electron chi connectivity index (χ2n) is 2.40. The summed E-state index contributed by atoms with van der Waals surface area (Å²) in [6.07, 6.45) is 3.91. The van der Waals surface area contributed by atoms with Gasteiger partial charge in [0.2, 0.25) is 0 Å². The Bertz CT molecular complexity index is 271. The van der Waals surface area contributed by atoms with Gasteiger partial charge < -0.3 is 5.73 Å². The molecule has 0 saturated carbocycles. The number of aromatic nitrogens is 2. The number of hydrogen-bond acceptors (Lipinski definition) is 2. The number of rotatable bonds is 4. The lowest BCUT2D eigenvalue weighted by Crippen LogP contribution is -2.09. The monoisotopic (exact) mass is 187 g/mol. The number of nitrogens with two attached hydrogens (primary N) is 1. The molecule has 1 rings (SSSR count). The molecule has 1 aromatic rings. The zero-order chi connectivity index (χ0) is 8.97. The number of alkyl halides is 1. The van der Waals surface area contributed by atoms with Crippen molar-refractivity contribution in [1.82, 2.24) is 9.78 Å². The molecule has 0 aliphatic heterocycles. The van der Waals surface area contributed by atoms with Crippen LogP contribution in [0, 0.1) is 0 Å². The summed E-state index contributed by atoms with van der Waals surface area (Å²) in [5.41, 5.74) is 5.47. The van der Waals surface area contributed by atoms with Crippen molar-refractivity contribution in [3.63, 3.8) is 0 Å². The molecule has 0 saturated heterocycles. The van der Waals surface area contributed by atoms with Crippen molar-refractivity contribution in [2.45, 2.75) is 13.0 Å². The number of carbonyl (C=O) groups is 1. The Morgan fingerprint density at radius 1 is 1.75 bits per heavy atom. The van der Waals surface area contributed by atoms with Crippen LogP contribution in [0.5, 0.6) is 0 Å². The molecule has 0 unspecified atom stereocenters. The molecule has 0 radical (unpaired) electrons. The van der Waals surface area contributed by atoms with Crippen molar-refractivity contribution in [3.8, 4) is 0 Å². The zero-order valence-corrected chi connectivity index (χ0v) is 7.29. The summed E-state index contributed by atoms with van der Waals surface area (Å²) < 4.78 is 1.66. The lowest BCUT2D eigenvalue weighted by Gasteiger charge is -1.95. The molecule has 0 atom stereocenters. The van der Waals surface area contributed by atoms with Gasteiger partial charge in [-0.3, -0.25) is 9.48 Å². The maximum absolute atomic E-state index is 10.6. The van der Waals surface area contributed by atoms with E-state index in [0.29, 0.717) is 11.4 Å². The van der Waals surface area contributed by atoms with Gasteiger partial charge in [0.05, 0.1) is 11.8 Å². The smallest absolute Gasteiger partial charge is 0.251 e. The van der Waals surface area contributed by atoms with Crippen molar-refractivity contribution in [2.75, 3.05) is 5.88 Å². The van der Waals surface area contributed by atoms with Crippen LogP contribution in [-0.2, 0) is 6.54 Å². The van der Waals surface area contributed by atoms with Crippen molar-refractivity contribution >= 4 is 17.5 Å². The van der Waals surface area contributed by atoms with E-state index in [2.05, 4.69) is 5.10 Å². The predicted octanol–water partition coefficient (Wildman–Crippen LogP) is 0.611. The first-order chi connectivity index (χ1) is 5.74. The predicted molar refractivity (Wildman–Crippen MR) is 46.1 cm³/mol. The summed E-state index contributed by atoms with van der Waals surface area (Å²) in [4.78, 5) is 10.6. The van der Waals surface area contributed by atoms with E-state index in [0.717, 1.165) is 13.0 Å². The minimum atomic E-state index is -0.452. The van der Waals surface area contributed by atoms with E-state index in [1.807, 2.05) is 0 Å². The highest BCUT2D eigenvalue weighted by molar-refractivity contribution is 6.17. The van der Waals surface area contributed by atoms with Crippen molar-refractivity contribution in [3.05, 3.63) is 18.0 Å². The third kappa shape index (κ3) is 2.23. The summed E-state index contributed by atoms with van der Waals surface area (Å²) in [5.74, 6) is 0.137. The number of aryl methyl sites for hydroxylation is 1. The van der Waals surface area contributed by atoms with Crippen LogP contribution in [0.4, 0.5) is 0 Å². The lowest BCUT2D eigenvalue weighted by atomic mass is 10.3. The Labute approximate surface area is 75.3 Å². The first-order valence-electron chi connectivity index (χ1n) is 3.62. The van der Waals surface area contributed by atoms with Gasteiger partial charge in [0, 0.05) is 18.6 Å². The molecule has 5 heteroatoms. The van der Waals surface area contributed by atoms with Crippen LogP contribution in [0.1, 0.15) is 16.8 Å². The van der Waals surface area contributed by atoms with Crippen LogP contribution in [0.25, 0.3) is 0 Å². The Morgan fingerprint density at radius 3 is 3.00 bits per heavy atom. The van der Waals surface area contributed by atoms with E-state index in [1.165, 1.54) is 6.20 Å². The fraction of sp³-hybridized carbons (Fsp3) is 0.429. The summed E-state index contributed by atoms with van der Waals surface area (Å²) in [5, 5.41) is 3.93. The third-order valence-electron chi connectivity index (χ3n) is 1.44. The topological polar surface area (TPSA) is 60.9 Å². The van der Waals surface area contributed by atoms with Gasteiger partial charge in [0.15, 0.2) is 0 Å². The van der Waals surface area contributed by atoms with E-state index in [9.17, 15) is 4.79 Å². The number of hydrogen-bond donors (Lipinski definition) is 1. The van der Waals surface area contributed by atoms with Gasteiger partial charge in [-0.05, 0) is 6.42 Å². The van der Waals surface area contributed by atoms with Crippen LogP contribution in [0.15, 0.2) is 12.4 Å². The van der Waals surface area contributed by atoms with E-state index >= 15 is 0 Å². The largest absolute Gasteiger partial charge is 0.366 e. The Hall–Kier alpha value is -1.03. The fourth-order valence-corrected chi connectivity index (χ4v) is 0.954. The molecule has 0 aromatic carbocycles. The van der Waals surface area contributed by atoms with E-state index in [4.69, 9.17) is 17.3 Å². The number of amides is 1. The van der Waals surface area contributed by atoms with Gasteiger partial charge in [-0.15, -0.1) is 11.6 Å². The first-order valence-corrected chi connectivity index (χ1v) is 4.15. The number of nitrogens with zero attached hydrogens (tertiary/aromatic N) is 2. The molecule has 0 aliphatic carbocycles. The van der Waals surface area contributed by atoms with Crippen LogP contribution in [0.2, 0.25) is 0 Å². The molecule has 1 aromatic heterocycles. The number of primary amides is 1. The molecule has 0 spiro atoms. The van der Waals surface area contributed by atoms with Gasteiger partial charge in [-0.1, -0.05) is 0 Å². The molecule has 0 aliphatic rings. The molecule has 4 nitrogen and oxygen atoms in total. The molecule has 1 heterocycles. The molecule has 0 bridgehead atoms. The molecular formula is C7H10ClN3O. The molecule has 1 amide bonds. The summed E-state index contributed by atoms with van der Waals surface area (Å²) in [7, 11) is 0. The quantitative estimate of drug-likeness (QED) is 0.703. The minimum Gasteiger partial charge on any atom is -0.366 e. The average molecular weight is 188 g/mol. The standard InChI is InChI=1S/C7H10ClN3O/c8-2-1-3-11-5-6(4-10-11)7(9)12/h4-5H,1-3H2,(H2,9,12). The zero-order valence-electron chi connectivity index (χ0n) is 6.53. The highest BCUT2D eigenvalue weighted by Crippen LogP contribution is 1.97. The van der Waals surface area contributed by atoms with Crippen LogP contribution in [0.3, 0.4) is 0 Å². The molecular weight excluding hydrogens is 178 g/mol. The van der Waals surface area contributed by atoms with Crippen molar-refractivity contribution in [2.24, 2.45) is 5.73 Å². The van der Waals surface area contributed by atoms with Crippen LogP contribution >= 0.6 is 11.6 Å². The number of carbonyl (C=O) groups excluding carboxylic acids is 1. The first kappa shape index (κ1) is 9.06. The Kier molecular flexibility index (Phi) is 3.10. The summed E-state index contributed by atoms with van der Waals surface area (Å²) >= 11 is 5.49. The van der Waals surface area contributed by atoms with E-state index in [-0.39, 0.29) is 0 Å². The highest BCUT2D eigenvalue weighted by atomic mass is 35.5. The van der Waals surface area contributed by atoms with Gasteiger partial charge >= 0.3 is 0 Å². The van der Waals surface area contributed by atoms with Gasteiger partial charge in [-0.25, -0.2) is 0 Å². The summed E-state index contributed by atoms with van der Waals surface area (Å²) in [6, 6.07) is 0. The van der Waals surface area contributed by atoms with Gasteiger partial charge in [0.25, 0.3) is 5.91 Å². The fourth-order valence-electron chi connectivity index (χ4n) is 0.835. The Balaban J connectivity index is 2.58. The normalized spacial score (nSPS) is 10.1. The second kappa shape index (κ2) is 4.11. The van der Waals surface area contributed by atoms with Crippen LogP contribution < -0.4 is 5.73 Å². The maximum atomic E-state index is 10.6. The van der Waals surface area contributed by atoms with Crippen molar-refractivity contribution < 1.29 is 4.79 Å². The number of halogens is 1. The van der Waals surface area contributed by atoms with E-state index < -0.39 is 5.91 Å².